The fraction of sp³-hybridized carbons (Fsp3) is 0.345. The number of nitrogens with zero attached hydrogens (tertiary/aromatic N) is 2. The van der Waals surface area contributed by atoms with E-state index in [1.54, 1.807) is 32.9 Å². The van der Waals surface area contributed by atoms with Crippen LogP contribution in [-0.2, 0) is 14.8 Å². The largest absolute Gasteiger partial charge is 0.444 e. The van der Waals surface area contributed by atoms with Gasteiger partial charge in [-0.2, -0.15) is 0 Å². The van der Waals surface area contributed by atoms with E-state index in [0.29, 0.717) is 0 Å². The molecule has 1 aliphatic rings. The Labute approximate surface area is 222 Å². The molecule has 4 aromatic rings. The molecule has 1 aromatic heterocycles. The lowest BCUT2D eigenvalue weighted by Crippen LogP contribution is -2.60. The standard InChI is InChI=1S/C29H33N3O5S/c1-19-13-15-20(16-14-19)38(35,36)30-23-17-31(28(34)37-29(2,3)4)18-26(27(23)33)32-24-11-7-5-9-21(24)22-10-6-8-12-25(22)32/h5-16,23,26-27,30,33H,17-18H2,1-4H3/t23-,26+,27+/m1/s1. The first kappa shape index (κ1) is 26.2. The number of aryl methyl sites for hydroxylation is 1. The number of rotatable bonds is 4. The highest BCUT2D eigenvalue weighted by molar-refractivity contribution is 7.89. The monoisotopic (exact) mass is 535 g/mol. The maximum absolute atomic E-state index is 13.3. The number of aliphatic hydroxyl groups is 1. The van der Waals surface area contributed by atoms with E-state index in [4.69, 9.17) is 4.74 Å². The van der Waals surface area contributed by atoms with Crippen LogP contribution in [0.2, 0.25) is 0 Å². The molecule has 1 saturated heterocycles. The summed E-state index contributed by atoms with van der Waals surface area (Å²) in [5.74, 6) is 0. The van der Waals surface area contributed by atoms with Gasteiger partial charge in [0.05, 0.1) is 23.1 Å². The fourth-order valence-corrected chi connectivity index (χ4v) is 6.38. The first-order valence-electron chi connectivity index (χ1n) is 12.7. The molecule has 0 unspecified atom stereocenters. The number of carbonyl (C=O) groups is 1. The zero-order valence-electron chi connectivity index (χ0n) is 22.0. The minimum Gasteiger partial charge on any atom is -0.444 e. The molecule has 9 heteroatoms. The summed E-state index contributed by atoms with van der Waals surface area (Å²) in [4.78, 5) is 14.8. The van der Waals surface area contributed by atoms with Crippen molar-refractivity contribution in [2.24, 2.45) is 0 Å². The van der Waals surface area contributed by atoms with Crippen molar-refractivity contribution in [1.29, 1.82) is 0 Å². The lowest BCUT2D eigenvalue weighted by atomic mass is 9.97. The molecule has 0 spiro atoms. The molecule has 5 rings (SSSR count). The van der Waals surface area contributed by atoms with Crippen molar-refractivity contribution in [3.8, 4) is 0 Å². The Kier molecular flexibility index (Phi) is 6.71. The van der Waals surface area contributed by atoms with Crippen molar-refractivity contribution in [3.63, 3.8) is 0 Å². The van der Waals surface area contributed by atoms with Crippen LogP contribution in [-0.4, -0.2) is 59.9 Å². The van der Waals surface area contributed by atoms with Gasteiger partial charge in [0.15, 0.2) is 0 Å². The second-order valence-electron chi connectivity index (χ2n) is 10.9. The van der Waals surface area contributed by atoms with E-state index in [0.717, 1.165) is 27.4 Å². The normalized spacial score (nSPS) is 20.7. The maximum atomic E-state index is 13.3. The van der Waals surface area contributed by atoms with Gasteiger partial charge < -0.3 is 19.3 Å². The maximum Gasteiger partial charge on any atom is 0.410 e. The van der Waals surface area contributed by atoms with Gasteiger partial charge in [-0.15, -0.1) is 0 Å². The Bertz CT molecular complexity index is 1540. The fourth-order valence-electron chi connectivity index (χ4n) is 5.13. The lowest BCUT2D eigenvalue weighted by molar-refractivity contribution is -0.0147. The molecule has 200 valence electrons. The Balaban J connectivity index is 1.59. The molecule has 2 heterocycles. The highest BCUT2D eigenvalue weighted by atomic mass is 32.2. The number of ether oxygens (including phenoxy) is 1. The summed E-state index contributed by atoms with van der Waals surface area (Å²) < 4.78 is 37.0. The van der Waals surface area contributed by atoms with Crippen LogP contribution in [0.15, 0.2) is 77.7 Å². The van der Waals surface area contributed by atoms with Gasteiger partial charge >= 0.3 is 6.09 Å². The van der Waals surface area contributed by atoms with Gasteiger partial charge in [0, 0.05) is 34.9 Å². The van der Waals surface area contributed by atoms with Gasteiger partial charge in [-0.25, -0.2) is 17.9 Å². The number of aromatic nitrogens is 1. The number of piperidine rings is 1. The van der Waals surface area contributed by atoms with E-state index >= 15 is 0 Å². The van der Waals surface area contributed by atoms with Gasteiger partial charge in [0.1, 0.15) is 5.60 Å². The van der Waals surface area contributed by atoms with Crippen LogP contribution < -0.4 is 4.72 Å². The van der Waals surface area contributed by atoms with Crippen molar-refractivity contribution in [1.82, 2.24) is 14.2 Å². The van der Waals surface area contributed by atoms with E-state index in [9.17, 15) is 18.3 Å². The predicted octanol–water partition coefficient (Wildman–Crippen LogP) is 4.60. The number of hydrogen-bond donors (Lipinski definition) is 2. The van der Waals surface area contributed by atoms with Crippen LogP contribution in [0.25, 0.3) is 21.8 Å². The summed E-state index contributed by atoms with van der Waals surface area (Å²) in [6, 6.07) is 20.7. The van der Waals surface area contributed by atoms with Crippen LogP contribution in [0, 0.1) is 6.92 Å². The number of fused-ring (bicyclic) bond motifs is 3. The third-order valence-corrected chi connectivity index (χ3v) is 8.38. The molecule has 0 radical (unpaired) electrons. The average Bonchev–Trinajstić information content (AvgIpc) is 3.19. The molecule has 0 bridgehead atoms. The van der Waals surface area contributed by atoms with Gasteiger partial charge in [-0.1, -0.05) is 54.1 Å². The SMILES string of the molecule is Cc1ccc(S(=O)(=O)N[C@@H]2CN(C(=O)OC(C)(C)C)C[C@H](n3c4ccccc4c4ccccc43)[C@H]2O)cc1. The number of nitrogens with one attached hydrogen (secondary N) is 1. The molecule has 1 aliphatic heterocycles. The topological polar surface area (TPSA) is 101 Å². The number of aliphatic hydroxyl groups excluding tert-OH is 1. The molecule has 3 atom stereocenters. The molecule has 2 N–H and O–H groups in total. The zero-order valence-corrected chi connectivity index (χ0v) is 22.8. The number of para-hydroxylation sites is 2. The summed E-state index contributed by atoms with van der Waals surface area (Å²) >= 11 is 0. The lowest BCUT2D eigenvalue weighted by Gasteiger charge is -2.42. The second-order valence-corrected chi connectivity index (χ2v) is 12.6. The first-order valence-corrected chi connectivity index (χ1v) is 14.2. The number of carbonyl (C=O) groups excluding carboxylic acids is 1. The number of likely N-dealkylation sites (tertiary alicyclic amines) is 1. The van der Waals surface area contributed by atoms with E-state index < -0.39 is 39.9 Å². The molecule has 1 amide bonds. The third-order valence-electron chi connectivity index (χ3n) is 6.87. The Morgan fingerprint density at radius 1 is 0.921 bits per heavy atom. The number of amides is 1. The average molecular weight is 536 g/mol. The molecule has 1 fully saturated rings. The summed E-state index contributed by atoms with van der Waals surface area (Å²) in [6.45, 7) is 7.35. The van der Waals surface area contributed by atoms with Crippen molar-refractivity contribution in [2.75, 3.05) is 13.1 Å². The Hall–Kier alpha value is -3.40. The molecule has 0 aliphatic carbocycles. The number of benzene rings is 3. The molecule has 0 saturated carbocycles. The van der Waals surface area contributed by atoms with Crippen molar-refractivity contribution in [3.05, 3.63) is 78.4 Å². The molecular formula is C29H33N3O5S. The molecular weight excluding hydrogens is 502 g/mol. The van der Waals surface area contributed by atoms with Crippen molar-refractivity contribution >= 4 is 37.9 Å². The molecule has 8 nitrogen and oxygen atoms in total. The van der Waals surface area contributed by atoms with Crippen LogP contribution in [0.1, 0.15) is 32.4 Å². The van der Waals surface area contributed by atoms with Gasteiger partial charge in [-0.3, -0.25) is 0 Å². The summed E-state index contributed by atoms with van der Waals surface area (Å²) in [6.07, 6.45) is -1.68. The van der Waals surface area contributed by atoms with Crippen LogP contribution in [0.3, 0.4) is 0 Å². The minimum absolute atomic E-state index is 0.0329. The van der Waals surface area contributed by atoms with E-state index in [2.05, 4.69) is 4.72 Å². The van der Waals surface area contributed by atoms with E-state index in [1.807, 2.05) is 60.0 Å². The minimum atomic E-state index is -3.97. The highest BCUT2D eigenvalue weighted by Crippen LogP contribution is 2.35. The van der Waals surface area contributed by atoms with Crippen LogP contribution in [0.5, 0.6) is 0 Å². The van der Waals surface area contributed by atoms with Gasteiger partial charge in [-0.05, 0) is 52.0 Å². The Morgan fingerprint density at radius 3 is 2.03 bits per heavy atom. The zero-order chi connectivity index (χ0) is 27.2. The van der Waals surface area contributed by atoms with Crippen LogP contribution in [0.4, 0.5) is 4.79 Å². The first-order chi connectivity index (χ1) is 17.9. The second kappa shape index (κ2) is 9.72. The van der Waals surface area contributed by atoms with E-state index in [1.165, 1.54) is 17.0 Å². The van der Waals surface area contributed by atoms with Gasteiger partial charge in [0.2, 0.25) is 10.0 Å². The molecule has 3 aromatic carbocycles. The number of hydrogen-bond acceptors (Lipinski definition) is 5. The summed E-state index contributed by atoms with van der Waals surface area (Å²) in [5, 5.41) is 13.7. The number of sulfonamides is 1. The quantitative estimate of drug-likeness (QED) is 0.398. The van der Waals surface area contributed by atoms with Gasteiger partial charge in [0.25, 0.3) is 0 Å². The van der Waals surface area contributed by atoms with Crippen LogP contribution >= 0.6 is 0 Å². The highest BCUT2D eigenvalue weighted by Gasteiger charge is 2.42. The Morgan fingerprint density at radius 2 is 1.47 bits per heavy atom. The van der Waals surface area contributed by atoms with Crippen molar-refractivity contribution < 1.29 is 23.1 Å². The smallest absolute Gasteiger partial charge is 0.410 e. The summed E-state index contributed by atoms with van der Waals surface area (Å²) in [5.41, 5.74) is 1.99. The van der Waals surface area contributed by atoms with Crippen molar-refractivity contribution in [2.45, 2.75) is 56.4 Å². The molecule has 38 heavy (non-hydrogen) atoms. The summed E-state index contributed by atoms with van der Waals surface area (Å²) in [7, 11) is -3.97. The predicted molar refractivity (Wildman–Crippen MR) is 148 cm³/mol. The van der Waals surface area contributed by atoms with E-state index in [-0.39, 0.29) is 18.0 Å². The third kappa shape index (κ3) is 5.01.